The van der Waals surface area contributed by atoms with Crippen LogP contribution in [0.4, 0.5) is 0 Å². The number of aliphatic hydroxyl groups is 2. The first-order chi connectivity index (χ1) is 28.1. The molecule has 0 spiro atoms. The van der Waals surface area contributed by atoms with Crippen molar-refractivity contribution < 1.29 is 49.2 Å². The molecule has 0 unspecified atom stereocenters. The molecule has 0 fully saturated rings. The number of amides is 5. The summed E-state index contributed by atoms with van der Waals surface area (Å²) in [5.41, 5.74) is 8.05. The number of hydrogen-bond donors (Lipinski definition) is 12. The Morgan fingerprint density at radius 3 is 1.97 bits per heavy atom. The first-order valence-corrected chi connectivity index (χ1v) is 20.1. The molecule has 4 rings (SSSR count). The number of nitrogens with zero attached hydrogens (tertiary/aromatic N) is 1. The van der Waals surface area contributed by atoms with Gasteiger partial charge in [-0.2, -0.15) is 11.8 Å². The average Bonchev–Trinajstić information content (AvgIpc) is 3.87. The molecular formula is C39H51N9O10S. The van der Waals surface area contributed by atoms with E-state index in [0.717, 1.165) is 10.9 Å². The molecule has 19 nitrogen and oxygen atoms in total. The number of phenols is 1. The predicted molar refractivity (Wildman–Crippen MR) is 218 cm³/mol. The quantitative estimate of drug-likeness (QED) is 0.0452. The smallest absolute Gasteiger partial charge is 0.326 e. The van der Waals surface area contributed by atoms with Crippen LogP contribution < -0.4 is 32.3 Å². The number of fused-ring (bicyclic) bond motifs is 1. The summed E-state index contributed by atoms with van der Waals surface area (Å²) in [5.74, 6) is -5.31. The van der Waals surface area contributed by atoms with Crippen LogP contribution in [-0.4, -0.2) is 131 Å². The number of rotatable bonds is 22. The Bertz CT molecular complexity index is 2040. The number of aliphatic carboxylic acids is 1. The first kappa shape index (κ1) is 45.7. The summed E-state index contributed by atoms with van der Waals surface area (Å²) < 4.78 is 0. The molecule has 8 atom stereocenters. The van der Waals surface area contributed by atoms with Crippen molar-refractivity contribution in [3.05, 3.63) is 84.1 Å². The van der Waals surface area contributed by atoms with Gasteiger partial charge in [0.2, 0.25) is 29.5 Å². The number of thioether (sulfide) groups is 1. The van der Waals surface area contributed by atoms with Gasteiger partial charge >= 0.3 is 5.97 Å². The molecule has 13 N–H and O–H groups in total. The SMILES string of the molecule is CSCC[C@H](NC(=O)[C@H](Cc1c[nH]c2ccccc12)NC(=O)[C@H](Cc1ccc(O)cc1)NC(=O)[C@@H](NC(=O)[C@@H](N)[C@@H](C)O)[C@@H](C)O)C(=O)N[C@@H](Cc1cnc[nH]1)C(=O)O. The fourth-order valence-electron chi connectivity index (χ4n) is 6.08. The minimum absolute atomic E-state index is 0.0587. The first-order valence-electron chi connectivity index (χ1n) is 18.7. The van der Waals surface area contributed by atoms with Gasteiger partial charge in [-0.15, -0.1) is 0 Å². The molecule has 5 amide bonds. The highest BCUT2D eigenvalue weighted by Gasteiger charge is 2.35. The highest BCUT2D eigenvalue weighted by Crippen LogP contribution is 2.20. The lowest BCUT2D eigenvalue weighted by molar-refractivity contribution is -0.142. The Morgan fingerprint density at radius 1 is 0.746 bits per heavy atom. The number of hydrogen-bond acceptors (Lipinski definition) is 12. The minimum atomic E-state index is -1.62. The molecule has 0 saturated heterocycles. The highest BCUT2D eigenvalue weighted by atomic mass is 32.2. The maximum absolute atomic E-state index is 14.3. The summed E-state index contributed by atoms with van der Waals surface area (Å²) in [6.07, 6.45) is 3.22. The van der Waals surface area contributed by atoms with Gasteiger partial charge in [0.25, 0.3) is 0 Å². The summed E-state index contributed by atoms with van der Waals surface area (Å²) >= 11 is 1.40. The standard InChI is InChI=1S/C39H51N9O10S/c1-20(49)32(40)37(55)48-33(21(2)50)38(56)46-29(14-22-8-10-25(51)11-9-22)35(53)45-30(15-23-17-42-27-7-5-4-6-26(23)27)36(54)44-28(12-13-59-3)34(52)47-31(39(57)58)16-24-18-41-19-43-24/h4-11,17-21,28-33,42,49-51H,12-16,40H2,1-3H3,(H,41,43)(H,44,54)(H,45,53)(H,46,56)(H,47,52)(H,48,55)(H,57,58)/t20-,21-,28+,29+,30+,31+,32+,33+/m1/s1. The number of aromatic nitrogens is 3. The number of imidazole rings is 1. The monoisotopic (exact) mass is 837 g/mol. The number of aromatic hydroxyl groups is 1. The van der Waals surface area contributed by atoms with E-state index in [-0.39, 0.29) is 31.4 Å². The summed E-state index contributed by atoms with van der Waals surface area (Å²) in [6, 6.07) is 4.58. The van der Waals surface area contributed by atoms with Crippen LogP contribution in [0.1, 0.15) is 37.1 Å². The van der Waals surface area contributed by atoms with E-state index in [0.29, 0.717) is 22.6 Å². The molecule has 2 aromatic heterocycles. The normalized spacial score (nSPS) is 15.4. The lowest BCUT2D eigenvalue weighted by Gasteiger charge is -2.28. The number of nitrogens with two attached hydrogens (primary N) is 1. The number of aliphatic hydroxyl groups excluding tert-OH is 2. The average molecular weight is 838 g/mol. The van der Waals surface area contributed by atoms with E-state index in [4.69, 9.17) is 5.73 Å². The van der Waals surface area contributed by atoms with E-state index in [1.54, 1.807) is 18.5 Å². The third-order valence-corrected chi connectivity index (χ3v) is 10.1. The lowest BCUT2D eigenvalue weighted by Crippen LogP contribution is -2.62. The molecular weight excluding hydrogens is 787 g/mol. The number of carboxylic acid groups (broad SMARTS) is 1. The number of benzene rings is 2. The second-order valence-corrected chi connectivity index (χ2v) is 15.1. The van der Waals surface area contributed by atoms with Crippen molar-refractivity contribution in [2.45, 2.75) is 88.0 Å². The van der Waals surface area contributed by atoms with Gasteiger partial charge in [0.1, 0.15) is 42.0 Å². The summed E-state index contributed by atoms with van der Waals surface area (Å²) in [4.78, 5) is 90.5. The van der Waals surface area contributed by atoms with E-state index < -0.39 is 84.0 Å². The van der Waals surface area contributed by atoms with E-state index in [9.17, 15) is 49.2 Å². The Labute approximate surface area is 343 Å². The zero-order chi connectivity index (χ0) is 43.2. The highest BCUT2D eigenvalue weighted by molar-refractivity contribution is 7.98. The second-order valence-electron chi connectivity index (χ2n) is 14.1. The van der Waals surface area contributed by atoms with Gasteiger partial charge in [-0.25, -0.2) is 9.78 Å². The predicted octanol–water partition coefficient (Wildman–Crippen LogP) is -1.02. The molecule has 20 heteroatoms. The van der Waals surface area contributed by atoms with Crippen molar-refractivity contribution in [3.8, 4) is 5.75 Å². The van der Waals surface area contributed by atoms with Gasteiger partial charge in [0.05, 0.1) is 18.5 Å². The molecule has 2 aromatic carbocycles. The Morgan fingerprint density at radius 2 is 1.36 bits per heavy atom. The fraction of sp³-hybridized carbons (Fsp3) is 0.410. The number of para-hydroxylation sites is 1. The van der Waals surface area contributed by atoms with E-state index in [1.807, 2.05) is 18.2 Å². The Balaban J connectivity index is 1.65. The number of carboxylic acids is 1. The van der Waals surface area contributed by atoms with Crippen LogP contribution in [0.15, 0.2) is 67.3 Å². The molecule has 0 aliphatic carbocycles. The molecule has 0 radical (unpaired) electrons. The number of carbonyl (C=O) groups excluding carboxylic acids is 5. The summed E-state index contributed by atoms with van der Waals surface area (Å²) in [6.45, 7) is 2.50. The van der Waals surface area contributed by atoms with E-state index in [1.165, 1.54) is 62.4 Å². The number of nitrogens with one attached hydrogen (secondary N) is 7. The molecule has 0 aliphatic rings. The third kappa shape index (κ3) is 13.3. The van der Waals surface area contributed by atoms with E-state index in [2.05, 4.69) is 41.5 Å². The van der Waals surface area contributed by atoms with E-state index >= 15 is 0 Å². The Hall–Kier alpha value is -5.96. The van der Waals surface area contributed by atoms with Crippen LogP contribution in [0, 0.1) is 0 Å². The molecule has 0 saturated carbocycles. The van der Waals surface area contributed by atoms with Gasteiger partial charge in [-0.3, -0.25) is 24.0 Å². The fourth-order valence-corrected chi connectivity index (χ4v) is 6.55. The topological polar surface area (TPSA) is 314 Å². The van der Waals surface area contributed by atoms with Crippen molar-refractivity contribution in [1.82, 2.24) is 41.5 Å². The maximum atomic E-state index is 14.3. The van der Waals surface area contributed by atoms with Crippen LogP contribution >= 0.6 is 11.8 Å². The van der Waals surface area contributed by atoms with Gasteiger partial charge in [-0.05, 0) is 61.6 Å². The largest absolute Gasteiger partial charge is 0.508 e. The van der Waals surface area contributed by atoms with Crippen LogP contribution in [0.25, 0.3) is 10.9 Å². The third-order valence-electron chi connectivity index (χ3n) is 9.46. The van der Waals surface area contributed by atoms with Crippen LogP contribution in [-0.2, 0) is 48.0 Å². The summed E-state index contributed by atoms with van der Waals surface area (Å²) in [7, 11) is 0. The van der Waals surface area contributed by atoms with Crippen LogP contribution in [0.3, 0.4) is 0 Å². The molecule has 2 heterocycles. The Kier molecular flexibility index (Phi) is 16.8. The van der Waals surface area contributed by atoms with Gasteiger partial charge in [0, 0.05) is 48.3 Å². The van der Waals surface area contributed by atoms with Gasteiger partial charge in [-0.1, -0.05) is 30.3 Å². The van der Waals surface area contributed by atoms with Crippen molar-refractivity contribution in [2.75, 3.05) is 12.0 Å². The van der Waals surface area contributed by atoms with Gasteiger partial charge in [0.15, 0.2) is 0 Å². The molecule has 318 valence electrons. The zero-order valence-corrected chi connectivity index (χ0v) is 33.5. The van der Waals surface area contributed by atoms with Crippen LogP contribution in [0.2, 0.25) is 0 Å². The molecule has 0 bridgehead atoms. The van der Waals surface area contributed by atoms with Crippen molar-refractivity contribution >= 4 is 58.2 Å². The number of carbonyl (C=O) groups is 6. The molecule has 0 aliphatic heterocycles. The second kappa shape index (κ2) is 21.7. The van der Waals surface area contributed by atoms with Crippen LogP contribution in [0.5, 0.6) is 5.75 Å². The number of H-pyrrole nitrogens is 2. The molecule has 4 aromatic rings. The maximum Gasteiger partial charge on any atom is 0.326 e. The minimum Gasteiger partial charge on any atom is -0.508 e. The van der Waals surface area contributed by atoms with Gasteiger partial charge < -0.3 is 62.7 Å². The zero-order valence-electron chi connectivity index (χ0n) is 32.7. The van der Waals surface area contributed by atoms with Crippen molar-refractivity contribution in [2.24, 2.45) is 5.73 Å². The lowest BCUT2D eigenvalue weighted by atomic mass is 10.0. The molecule has 59 heavy (non-hydrogen) atoms. The number of aromatic amines is 2. The van der Waals surface area contributed by atoms with Crippen molar-refractivity contribution in [1.29, 1.82) is 0 Å². The number of phenolic OH excluding ortho intramolecular Hbond substituents is 1. The summed E-state index contributed by atoms with van der Waals surface area (Å²) in [5, 5.41) is 53.5. The van der Waals surface area contributed by atoms with Crippen molar-refractivity contribution in [3.63, 3.8) is 0 Å².